The first-order valence-electron chi connectivity index (χ1n) is 26.8. The Kier molecular flexibility index (Phi) is 20.8. The smallest absolute Gasteiger partial charge is 0.268 e. The minimum absolute atomic E-state index is 0.0103. The summed E-state index contributed by atoms with van der Waals surface area (Å²) in [6.07, 6.45) is 30.9. The first-order valence-corrected chi connectivity index (χ1v) is 32.4. The third-order valence-corrected chi connectivity index (χ3v) is 23.7. The Morgan fingerprint density at radius 1 is 0.493 bits per heavy atom. The van der Waals surface area contributed by atoms with Gasteiger partial charge in [-0.2, -0.15) is 0 Å². The maximum atomic E-state index is 14.7. The number of sulfonamides is 1. The quantitative estimate of drug-likeness (QED) is 0.0403. The van der Waals surface area contributed by atoms with Crippen LogP contribution in [0.5, 0.6) is 0 Å². The molecule has 0 aliphatic carbocycles. The Bertz CT molecular complexity index is 2430. The van der Waals surface area contributed by atoms with Gasteiger partial charge in [-0.15, -0.1) is 56.7 Å². The van der Waals surface area contributed by atoms with Gasteiger partial charge in [0.2, 0.25) is 0 Å². The molecule has 0 saturated carbocycles. The van der Waals surface area contributed by atoms with Crippen LogP contribution in [0.3, 0.4) is 0 Å². The molecule has 0 unspecified atom stereocenters. The van der Waals surface area contributed by atoms with Gasteiger partial charge < -0.3 is 0 Å². The third kappa shape index (κ3) is 12.6. The van der Waals surface area contributed by atoms with Gasteiger partial charge in [-0.1, -0.05) is 178 Å². The Morgan fingerprint density at radius 2 is 0.985 bits per heavy atom. The SMILES string of the molecule is CCCCCCCCc1c(-c2ccc(-c3sc(-c4ccc(C(C)(C)CCC)s4)c4c3C(=O)N(CCCCCCCC)S4(=O)=O)s2)sc2c(CCCCCCCC)c(C(C)(CCC)CCC)sc12. The van der Waals surface area contributed by atoms with Gasteiger partial charge in [0.1, 0.15) is 4.90 Å². The number of hydrogen-bond acceptors (Lipinski definition) is 8. The van der Waals surface area contributed by atoms with Crippen molar-refractivity contribution in [3.63, 3.8) is 0 Å². The zero-order valence-electron chi connectivity index (χ0n) is 43.0. The van der Waals surface area contributed by atoms with Crippen molar-refractivity contribution in [1.82, 2.24) is 4.31 Å². The summed E-state index contributed by atoms with van der Waals surface area (Å²) in [6.45, 7) is 21.1. The van der Waals surface area contributed by atoms with Gasteiger partial charge in [0.15, 0.2) is 0 Å². The van der Waals surface area contributed by atoms with Crippen LogP contribution in [0.15, 0.2) is 29.2 Å². The number of carbonyl (C=O) groups is 1. The standard InChI is InChI=1S/C57H85NO3S6/c1-10-16-19-22-25-28-31-41-48(64-50-42(32-29-26-23-20-17-11-2)54(66-49(41)50)57(9,38-14-5)39-15-6)43-33-34-44(62-43)51-47-53(52(65-51)45-35-36-46(63-45)56(7,8)37-13-4)67(60,61)58(55(47)59)40-30-27-24-21-18-12-3/h33-36H,10-32,37-40H2,1-9H3. The predicted octanol–water partition coefficient (Wildman–Crippen LogP) is 20.4. The third-order valence-electron chi connectivity index (χ3n) is 14.4. The highest BCUT2D eigenvalue weighted by molar-refractivity contribution is 7.90. The number of carbonyl (C=O) groups excluding carboxylic acids is 1. The molecule has 0 radical (unpaired) electrons. The van der Waals surface area contributed by atoms with Crippen molar-refractivity contribution in [1.29, 1.82) is 0 Å². The second-order valence-corrected chi connectivity index (χ2v) is 27.7. The van der Waals surface area contributed by atoms with Gasteiger partial charge in [0.25, 0.3) is 15.9 Å². The molecule has 1 amide bonds. The van der Waals surface area contributed by atoms with E-state index in [2.05, 4.69) is 97.9 Å². The van der Waals surface area contributed by atoms with E-state index in [1.165, 1.54) is 161 Å². The summed E-state index contributed by atoms with van der Waals surface area (Å²) in [5.74, 6) is -0.339. The van der Waals surface area contributed by atoms with Crippen LogP contribution in [0.4, 0.5) is 0 Å². The number of rotatable bonds is 32. The van der Waals surface area contributed by atoms with E-state index >= 15 is 0 Å². The molecule has 1 aliphatic heterocycles. The summed E-state index contributed by atoms with van der Waals surface area (Å²) in [4.78, 5) is 24.0. The monoisotopic (exact) mass is 1020 g/mol. The van der Waals surface area contributed by atoms with Crippen LogP contribution < -0.4 is 0 Å². The number of amides is 1. The zero-order chi connectivity index (χ0) is 48.2. The van der Waals surface area contributed by atoms with Crippen molar-refractivity contribution in [2.75, 3.05) is 6.54 Å². The van der Waals surface area contributed by atoms with Crippen LogP contribution in [0.2, 0.25) is 0 Å². The molecule has 0 bridgehead atoms. The van der Waals surface area contributed by atoms with E-state index in [-0.39, 0.29) is 28.2 Å². The summed E-state index contributed by atoms with van der Waals surface area (Å²) < 4.78 is 33.7. The van der Waals surface area contributed by atoms with Gasteiger partial charge in [0.05, 0.1) is 15.3 Å². The van der Waals surface area contributed by atoms with E-state index < -0.39 is 10.0 Å². The van der Waals surface area contributed by atoms with E-state index in [1.54, 1.807) is 33.1 Å². The average molecular weight is 1020 g/mol. The van der Waals surface area contributed by atoms with Crippen molar-refractivity contribution < 1.29 is 13.2 Å². The predicted molar refractivity (Wildman–Crippen MR) is 301 cm³/mol. The van der Waals surface area contributed by atoms with Crippen LogP contribution in [0.1, 0.15) is 248 Å². The lowest BCUT2D eigenvalue weighted by atomic mass is 9.78. The molecule has 0 atom stereocenters. The fraction of sp³-hybridized carbons (Fsp3) is 0.667. The van der Waals surface area contributed by atoms with E-state index in [9.17, 15) is 13.2 Å². The van der Waals surface area contributed by atoms with Gasteiger partial charge in [-0.3, -0.25) is 4.79 Å². The van der Waals surface area contributed by atoms with Gasteiger partial charge in [-0.25, -0.2) is 12.7 Å². The summed E-state index contributed by atoms with van der Waals surface area (Å²) in [5.41, 5.74) is 3.75. The van der Waals surface area contributed by atoms with Crippen LogP contribution >= 0.6 is 56.7 Å². The number of thiophene rings is 5. The molecular formula is C57H85NO3S6. The summed E-state index contributed by atoms with van der Waals surface area (Å²) in [7, 11) is -4.01. The van der Waals surface area contributed by atoms with Gasteiger partial charge in [0, 0.05) is 50.6 Å². The van der Waals surface area contributed by atoms with E-state index in [0.717, 1.165) is 64.5 Å². The van der Waals surface area contributed by atoms with Crippen LogP contribution in [-0.2, 0) is 33.7 Å². The fourth-order valence-corrected chi connectivity index (χ4v) is 19.9. The van der Waals surface area contributed by atoms with Crippen molar-refractivity contribution in [3.8, 4) is 29.3 Å². The average Bonchev–Trinajstić information content (AvgIpc) is 4.15. The highest BCUT2D eigenvalue weighted by Gasteiger charge is 2.47. The largest absolute Gasteiger partial charge is 0.270 e. The van der Waals surface area contributed by atoms with Crippen LogP contribution in [0.25, 0.3) is 38.7 Å². The molecule has 0 fully saturated rings. The van der Waals surface area contributed by atoms with Gasteiger partial charge >= 0.3 is 0 Å². The van der Waals surface area contributed by atoms with Crippen molar-refractivity contribution in [2.24, 2.45) is 0 Å². The number of aryl methyl sites for hydroxylation is 2. The van der Waals surface area contributed by atoms with Crippen molar-refractivity contribution in [3.05, 3.63) is 50.7 Å². The lowest BCUT2D eigenvalue weighted by Gasteiger charge is -2.29. The zero-order valence-corrected chi connectivity index (χ0v) is 47.9. The summed E-state index contributed by atoms with van der Waals surface area (Å²) >= 11 is 9.17. The lowest BCUT2D eigenvalue weighted by molar-refractivity contribution is 0.0870. The molecule has 0 spiro atoms. The number of hydrogen-bond donors (Lipinski definition) is 0. The van der Waals surface area contributed by atoms with Crippen LogP contribution in [0, 0.1) is 0 Å². The minimum Gasteiger partial charge on any atom is -0.268 e. The minimum atomic E-state index is -4.01. The number of nitrogens with zero attached hydrogens (tertiary/aromatic N) is 1. The summed E-state index contributed by atoms with van der Waals surface area (Å²) in [5, 5.41) is 0. The molecule has 67 heavy (non-hydrogen) atoms. The molecule has 0 saturated heterocycles. The Balaban J connectivity index is 1.45. The highest BCUT2D eigenvalue weighted by Crippen LogP contribution is 2.56. The molecule has 372 valence electrons. The fourth-order valence-electron chi connectivity index (χ4n) is 10.7. The molecule has 6 rings (SSSR count). The second kappa shape index (κ2) is 25.5. The van der Waals surface area contributed by atoms with Crippen molar-refractivity contribution >= 4 is 82.0 Å². The van der Waals surface area contributed by atoms with E-state index in [4.69, 9.17) is 0 Å². The molecule has 10 heteroatoms. The Labute approximate surface area is 427 Å². The van der Waals surface area contributed by atoms with Crippen molar-refractivity contribution in [2.45, 2.75) is 245 Å². The first kappa shape index (κ1) is 54.5. The molecule has 1 aliphatic rings. The second-order valence-electron chi connectivity index (χ2n) is 20.7. The van der Waals surface area contributed by atoms with E-state index in [0.29, 0.717) is 12.0 Å². The summed E-state index contributed by atoms with van der Waals surface area (Å²) in [6, 6.07) is 8.78. The topological polar surface area (TPSA) is 54.5 Å². The lowest BCUT2D eigenvalue weighted by Crippen LogP contribution is -2.31. The molecule has 0 N–H and O–H groups in total. The Morgan fingerprint density at radius 3 is 1.57 bits per heavy atom. The molecule has 6 heterocycles. The molecule has 5 aromatic heterocycles. The maximum Gasteiger partial charge on any atom is 0.270 e. The first-order chi connectivity index (χ1) is 32.3. The Hall–Kier alpha value is -1.82. The molecule has 0 aromatic carbocycles. The number of fused-ring (bicyclic) bond motifs is 2. The van der Waals surface area contributed by atoms with Crippen LogP contribution in [-0.4, -0.2) is 25.2 Å². The van der Waals surface area contributed by atoms with Gasteiger partial charge in [-0.05, 0) is 92.2 Å². The number of unbranched alkanes of at least 4 members (excludes halogenated alkanes) is 15. The van der Waals surface area contributed by atoms with E-state index in [1.807, 2.05) is 11.3 Å². The normalized spacial score (nSPS) is 14.1. The molecule has 5 aromatic rings. The molecular weight excluding hydrogens is 939 g/mol. The maximum absolute atomic E-state index is 14.7. The molecule has 4 nitrogen and oxygen atoms in total. The highest BCUT2D eigenvalue weighted by atomic mass is 32.2.